The van der Waals surface area contributed by atoms with E-state index in [-0.39, 0.29) is 31.1 Å². The summed E-state index contributed by atoms with van der Waals surface area (Å²) in [6.07, 6.45) is 0. The first kappa shape index (κ1) is 18.5. The summed E-state index contributed by atoms with van der Waals surface area (Å²) in [4.78, 5) is 11.7. The van der Waals surface area contributed by atoms with Gasteiger partial charge in [0.05, 0.1) is 6.61 Å². The number of hydrogen-bond donors (Lipinski definition) is 2. The normalized spacial score (nSPS) is 10.4. The molecular formula is C22H20O5. The summed E-state index contributed by atoms with van der Waals surface area (Å²) in [6, 6.07) is 21.9. The Hall–Kier alpha value is -3.31. The maximum atomic E-state index is 11.7. The molecule has 0 saturated heterocycles. The summed E-state index contributed by atoms with van der Waals surface area (Å²) in [5, 5.41) is 19.2. The molecule has 0 radical (unpaired) electrons. The zero-order valence-corrected chi connectivity index (χ0v) is 14.7. The van der Waals surface area contributed by atoms with Crippen molar-refractivity contribution in [3.05, 3.63) is 95.1 Å². The highest BCUT2D eigenvalue weighted by atomic mass is 16.5. The van der Waals surface area contributed by atoms with Crippen molar-refractivity contribution in [1.29, 1.82) is 0 Å². The van der Waals surface area contributed by atoms with Gasteiger partial charge in [0.1, 0.15) is 30.3 Å². The highest BCUT2D eigenvalue weighted by molar-refractivity contribution is 5.91. The molecule has 138 valence electrons. The fourth-order valence-electron chi connectivity index (χ4n) is 2.62. The Morgan fingerprint density at radius 3 is 1.78 bits per heavy atom. The lowest BCUT2D eigenvalue weighted by Crippen LogP contribution is -2.07. The molecule has 0 spiro atoms. The molecule has 0 fully saturated rings. The van der Waals surface area contributed by atoms with E-state index in [9.17, 15) is 15.0 Å². The van der Waals surface area contributed by atoms with E-state index >= 15 is 0 Å². The minimum Gasteiger partial charge on any atom is -0.489 e. The standard InChI is InChI=1S/C22H20O5/c23-13-18-11-21(27-15-17-9-5-2-6-10-17)19(22(24)25)12-20(18)26-14-16-7-3-1-4-8-16/h1-12,23H,13-15H2,(H,24,25). The molecule has 0 aliphatic carbocycles. The van der Waals surface area contributed by atoms with E-state index < -0.39 is 5.97 Å². The van der Waals surface area contributed by atoms with Gasteiger partial charge in [-0.15, -0.1) is 0 Å². The zero-order valence-electron chi connectivity index (χ0n) is 14.7. The molecule has 0 amide bonds. The van der Waals surface area contributed by atoms with Gasteiger partial charge in [0.25, 0.3) is 0 Å². The van der Waals surface area contributed by atoms with Crippen molar-refractivity contribution in [2.75, 3.05) is 0 Å². The third-order valence-corrected chi connectivity index (χ3v) is 4.04. The van der Waals surface area contributed by atoms with Crippen LogP contribution in [0.1, 0.15) is 27.0 Å². The van der Waals surface area contributed by atoms with Gasteiger partial charge >= 0.3 is 5.97 Å². The Labute approximate surface area is 157 Å². The Balaban J connectivity index is 1.82. The quantitative estimate of drug-likeness (QED) is 0.631. The van der Waals surface area contributed by atoms with Crippen LogP contribution in [0.2, 0.25) is 0 Å². The number of carboxylic acid groups (broad SMARTS) is 1. The smallest absolute Gasteiger partial charge is 0.339 e. The van der Waals surface area contributed by atoms with Gasteiger partial charge < -0.3 is 19.7 Å². The fourth-order valence-corrected chi connectivity index (χ4v) is 2.62. The van der Waals surface area contributed by atoms with Crippen LogP contribution in [0.3, 0.4) is 0 Å². The molecule has 0 bridgehead atoms. The lowest BCUT2D eigenvalue weighted by molar-refractivity contribution is 0.0691. The molecule has 0 heterocycles. The van der Waals surface area contributed by atoms with E-state index in [2.05, 4.69) is 0 Å². The van der Waals surface area contributed by atoms with E-state index in [0.717, 1.165) is 11.1 Å². The van der Waals surface area contributed by atoms with Gasteiger partial charge in [-0.2, -0.15) is 0 Å². The van der Waals surface area contributed by atoms with Gasteiger partial charge in [-0.3, -0.25) is 0 Å². The predicted molar refractivity (Wildman–Crippen MR) is 101 cm³/mol. The molecule has 27 heavy (non-hydrogen) atoms. The van der Waals surface area contributed by atoms with E-state index in [1.165, 1.54) is 12.1 Å². The van der Waals surface area contributed by atoms with Crippen LogP contribution >= 0.6 is 0 Å². The van der Waals surface area contributed by atoms with Crippen LogP contribution in [0.4, 0.5) is 0 Å². The molecule has 0 unspecified atom stereocenters. The van der Waals surface area contributed by atoms with Crippen molar-refractivity contribution < 1.29 is 24.5 Å². The third kappa shape index (κ3) is 4.86. The fraction of sp³-hybridized carbons (Fsp3) is 0.136. The molecule has 0 aliphatic rings. The lowest BCUT2D eigenvalue weighted by Gasteiger charge is -2.15. The predicted octanol–water partition coefficient (Wildman–Crippen LogP) is 4.04. The van der Waals surface area contributed by atoms with Crippen molar-refractivity contribution in [3.8, 4) is 11.5 Å². The molecule has 5 heteroatoms. The molecule has 3 aromatic rings. The van der Waals surface area contributed by atoms with Gasteiger partial charge in [-0.1, -0.05) is 60.7 Å². The van der Waals surface area contributed by atoms with Crippen LogP contribution < -0.4 is 9.47 Å². The van der Waals surface area contributed by atoms with E-state index in [1.807, 2.05) is 60.7 Å². The minimum atomic E-state index is -1.12. The zero-order chi connectivity index (χ0) is 19.1. The first-order valence-corrected chi connectivity index (χ1v) is 8.52. The van der Waals surface area contributed by atoms with Crippen molar-refractivity contribution in [1.82, 2.24) is 0 Å². The van der Waals surface area contributed by atoms with E-state index in [0.29, 0.717) is 11.3 Å². The van der Waals surface area contributed by atoms with Gasteiger partial charge in [0.15, 0.2) is 0 Å². The van der Waals surface area contributed by atoms with Crippen LogP contribution in [0, 0.1) is 0 Å². The maximum absolute atomic E-state index is 11.7. The number of carbonyl (C=O) groups is 1. The van der Waals surface area contributed by atoms with Crippen LogP contribution in [0.15, 0.2) is 72.8 Å². The number of aliphatic hydroxyl groups excluding tert-OH is 1. The molecule has 0 atom stereocenters. The molecular weight excluding hydrogens is 344 g/mol. The Morgan fingerprint density at radius 2 is 1.30 bits per heavy atom. The number of rotatable bonds is 8. The second-order valence-corrected chi connectivity index (χ2v) is 5.97. The number of benzene rings is 3. The van der Waals surface area contributed by atoms with Crippen LogP contribution in [0.25, 0.3) is 0 Å². The molecule has 3 aromatic carbocycles. The molecule has 0 aliphatic heterocycles. The monoisotopic (exact) mass is 364 g/mol. The Morgan fingerprint density at radius 1 is 0.778 bits per heavy atom. The van der Waals surface area contributed by atoms with Crippen LogP contribution in [0.5, 0.6) is 11.5 Å². The van der Waals surface area contributed by atoms with Crippen LogP contribution in [-0.4, -0.2) is 16.2 Å². The lowest BCUT2D eigenvalue weighted by atomic mass is 10.1. The van der Waals surface area contributed by atoms with E-state index in [4.69, 9.17) is 9.47 Å². The third-order valence-electron chi connectivity index (χ3n) is 4.04. The summed E-state index contributed by atoms with van der Waals surface area (Å²) in [7, 11) is 0. The van der Waals surface area contributed by atoms with Gasteiger partial charge in [0.2, 0.25) is 0 Å². The first-order chi connectivity index (χ1) is 13.2. The van der Waals surface area contributed by atoms with Gasteiger partial charge in [-0.05, 0) is 23.3 Å². The van der Waals surface area contributed by atoms with Crippen molar-refractivity contribution in [3.63, 3.8) is 0 Å². The summed E-state index contributed by atoms with van der Waals surface area (Å²) in [5.41, 5.74) is 2.33. The average molecular weight is 364 g/mol. The maximum Gasteiger partial charge on any atom is 0.339 e. The SMILES string of the molecule is O=C(O)c1cc(OCc2ccccc2)c(CO)cc1OCc1ccccc1. The molecule has 2 N–H and O–H groups in total. The number of ether oxygens (including phenoxy) is 2. The molecule has 5 nitrogen and oxygen atoms in total. The summed E-state index contributed by atoms with van der Waals surface area (Å²) >= 11 is 0. The van der Waals surface area contributed by atoms with Gasteiger partial charge in [-0.25, -0.2) is 4.79 Å². The first-order valence-electron chi connectivity index (χ1n) is 8.52. The number of carboxylic acids is 1. The highest BCUT2D eigenvalue weighted by Crippen LogP contribution is 2.30. The molecule has 0 saturated carbocycles. The minimum absolute atomic E-state index is 0.00815. The summed E-state index contributed by atoms with van der Waals surface area (Å²) < 4.78 is 11.4. The molecule has 3 rings (SSSR count). The second kappa shape index (κ2) is 8.87. The molecule has 0 aromatic heterocycles. The number of aromatic carboxylic acids is 1. The van der Waals surface area contributed by atoms with Gasteiger partial charge in [0, 0.05) is 5.56 Å². The number of hydrogen-bond acceptors (Lipinski definition) is 4. The van der Waals surface area contributed by atoms with Crippen LogP contribution in [-0.2, 0) is 19.8 Å². The van der Waals surface area contributed by atoms with Crippen molar-refractivity contribution >= 4 is 5.97 Å². The number of aliphatic hydroxyl groups is 1. The topological polar surface area (TPSA) is 76.0 Å². The summed E-state index contributed by atoms with van der Waals surface area (Å²) in [6.45, 7) is 0.221. The Bertz CT molecular complexity index is 891. The van der Waals surface area contributed by atoms with Crippen molar-refractivity contribution in [2.24, 2.45) is 0 Å². The Kier molecular flexibility index (Phi) is 6.07. The summed E-state index contributed by atoms with van der Waals surface area (Å²) in [5.74, 6) is -0.597. The highest BCUT2D eigenvalue weighted by Gasteiger charge is 2.17. The largest absolute Gasteiger partial charge is 0.489 e. The average Bonchev–Trinajstić information content (AvgIpc) is 2.72. The second-order valence-electron chi connectivity index (χ2n) is 5.97. The van der Waals surface area contributed by atoms with Crippen molar-refractivity contribution in [2.45, 2.75) is 19.8 Å². The van der Waals surface area contributed by atoms with E-state index in [1.54, 1.807) is 0 Å².